The monoisotopic (exact) mass is 405 g/mol. The van der Waals surface area contributed by atoms with E-state index in [1.165, 1.54) is 28.0 Å². The molecule has 1 aliphatic heterocycles. The van der Waals surface area contributed by atoms with Gasteiger partial charge < -0.3 is 9.15 Å². The molecule has 0 spiro atoms. The summed E-state index contributed by atoms with van der Waals surface area (Å²) in [4.78, 5) is 40.6. The molecule has 1 aliphatic rings. The molecule has 0 unspecified atom stereocenters. The summed E-state index contributed by atoms with van der Waals surface area (Å²) in [5.41, 5.74) is 0.255. The minimum absolute atomic E-state index is 0.125. The third kappa shape index (κ3) is 3.42. The number of carbonyl (C=O) groups excluding carboxylic acids is 1. The van der Waals surface area contributed by atoms with Crippen molar-refractivity contribution in [2.45, 2.75) is 39.7 Å². The minimum Gasteiger partial charge on any atom is -0.463 e. The zero-order chi connectivity index (χ0) is 20.4. The highest BCUT2D eigenvalue weighted by atomic mass is 32.1. The van der Waals surface area contributed by atoms with Crippen LogP contribution in [0.15, 0.2) is 31.9 Å². The summed E-state index contributed by atoms with van der Waals surface area (Å²) >= 11 is 1.21. The van der Waals surface area contributed by atoms with E-state index in [9.17, 15) is 19.7 Å². The van der Waals surface area contributed by atoms with Crippen molar-refractivity contribution in [3.05, 3.63) is 53.3 Å². The number of thiazole rings is 1. The normalized spacial score (nSPS) is 16.7. The molecule has 10 heteroatoms. The smallest absolute Gasteiger partial charge is 0.433 e. The molecule has 1 atom stereocenters. The van der Waals surface area contributed by atoms with Crippen molar-refractivity contribution in [3.8, 4) is 0 Å². The first-order valence-corrected chi connectivity index (χ1v) is 9.62. The number of esters is 1. The Morgan fingerprint density at radius 1 is 1.46 bits per heavy atom. The Morgan fingerprint density at radius 2 is 2.21 bits per heavy atom. The Kier molecular flexibility index (Phi) is 5.59. The highest BCUT2D eigenvalue weighted by molar-refractivity contribution is 7.07. The Hall–Kier alpha value is -3.01. The van der Waals surface area contributed by atoms with Gasteiger partial charge in [-0.3, -0.25) is 19.5 Å². The number of furan rings is 1. The van der Waals surface area contributed by atoms with E-state index in [0.717, 1.165) is 12.8 Å². The van der Waals surface area contributed by atoms with Crippen molar-refractivity contribution in [2.24, 2.45) is 4.99 Å². The molecule has 9 nitrogen and oxygen atoms in total. The average molecular weight is 405 g/mol. The molecule has 0 saturated carbocycles. The van der Waals surface area contributed by atoms with Crippen LogP contribution in [0, 0.1) is 10.1 Å². The van der Waals surface area contributed by atoms with E-state index in [1.54, 1.807) is 13.8 Å². The molecule has 2 aromatic heterocycles. The number of ether oxygens (including phenoxy) is 1. The van der Waals surface area contributed by atoms with Crippen LogP contribution in [0.5, 0.6) is 0 Å². The van der Waals surface area contributed by atoms with Crippen LogP contribution in [-0.2, 0) is 9.53 Å². The first kappa shape index (κ1) is 19.7. The van der Waals surface area contributed by atoms with E-state index in [1.807, 2.05) is 13.0 Å². The maximum atomic E-state index is 12.8. The molecule has 0 amide bonds. The molecule has 0 N–H and O–H groups in total. The Balaban J connectivity index is 2.24. The summed E-state index contributed by atoms with van der Waals surface area (Å²) in [5.74, 6) is -0.951. The topological polar surface area (TPSA) is 117 Å². The second-order valence-corrected chi connectivity index (χ2v) is 7.08. The molecule has 2 aromatic rings. The number of allylic oxidation sites excluding steroid dienone is 1. The average Bonchev–Trinajstić information content (AvgIpc) is 3.25. The first-order valence-electron chi connectivity index (χ1n) is 8.81. The lowest BCUT2D eigenvalue weighted by molar-refractivity contribution is -0.402. The van der Waals surface area contributed by atoms with E-state index in [0.29, 0.717) is 15.0 Å². The van der Waals surface area contributed by atoms with E-state index in [2.05, 4.69) is 4.99 Å². The largest absolute Gasteiger partial charge is 0.463 e. The third-order valence-electron chi connectivity index (χ3n) is 4.22. The van der Waals surface area contributed by atoms with Crippen molar-refractivity contribution in [1.29, 1.82) is 0 Å². The maximum absolute atomic E-state index is 12.8. The molecule has 0 radical (unpaired) electrons. The second kappa shape index (κ2) is 7.93. The van der Waals surface area contributed by atoms with Crippen LogP contribution in [0.25, 0.3) is 11.8 Å². The standard InChI is InChI=1S/C18H19N3O6S/c1-4-6-7-12-16(22)20-10(3)14(17(23)26-5-2)15(19-18(20)28-12)11-8-9-13(27-11)21(24)25/h7-9,15H,4-6H2,1-3H3/b12-7-/t15-/m1/s1. The molecule has 0 aliphatic carbocycles. The fourth-order valence-corrected chi connectivity index (χ4v) is 3.97. The van der Waals surface area contributed by atoms with E-state index in [4.69, 9.17) is 9.15 Å². The van der Waals surface area contributed by atoms with E-state index in [-0.39, 0.29) is 23.5 Å². The molecule has 0 saturated heterocycles. The molecular formula is C18H19N3O6S. The third-order valence-corrected chi connectivity index (χ3v) is 5.25. The summed E-state index contributed by atoms with van der Waals surface area (Å²) in [5, 5.41) is 11.0. The van der Waals surface area contributed by atoms with Gasteiger partial charge in [0.25, 0.3) is 5.56 Å². The lowest BCUT2D eigenvalue weighted by atomic mass is 10.0. The molecular weight excluding hydrogens is 386 g/mol. The zero-order valence-corrected chi connectivity index (χ0v) is 16.4. The summed E-state index contributed by atoms with van der Waals surface area (Å²) < 4.78 is 12.3. The van der Waals surface area contributed by atoms with Crippen molar-refractivity contribution in [2.75, 3.05) is 6.61 Å². The van der Waals surface area contributed by atoms with Gasteiger partial charge in [0.2, 0.25) is 0 Å². The Labute approximate surface area is 163 Å². The summed E-state index contributed by atoms with van der Waals surface area (Å²) in [6, 6.07) is 1.69. The fraction of sp³-hybridized carbons (Fsp3) is 0.389. The number of fused-ring (bicyclic) bond motifs is 1. The van der Waals surface area contributed by atoms with Crippen LogP contribution in [0.4, 0.5) is 5.88 Å². The van der Waals surface area contributed by atoms with Gasteiger partial charge in [0.15, 0.2) is 4.80 Å². The zero-order valence-electron chi connectivity index (χ0n) is 15.6. The van der Waals surface area contributed by atoms with Crippen molar-refractivity contribution < 1.29 is 18.9 Å². The van der Waals surface area contributed by atoms with Gasteiger partial charge in [-0.1, -0.05) is 30.8 Å². The second-order valence-electron chi connectivity index (χ2n) is 6.07. The van der Waals surface area contributed by atoms with Crippen molar-refractivity contribution in [1.82, 2.24) is 4.57 Å². The number of carbonyl (C=O) groups is 1. The van der Waals surface area contributed by atoms with Crippen molar-refractivity contribution >= 4 is 35.0 Å². The van der Waals surface area contributed by atoms with Gasteiger partial charge >= 0.3 is 11.9 Å². The van der Waals surface area contributed by atoms with Crippen LogP contribution in [0.1, 0.15) is 45.4 Å². The first-order chi connectivity index (χ1) is 13.4. The van der Waals surface area contributed by atoms with Gasteiger partial charge in [-0.2, -0.15) is 0 Å². The Morgan fingerprint density at radius 3 is 2.82 bits per heavy atom. The predicted octanol–water partition coefficient (Wildman–Crippen LogP) is 2.16. The van der Waals surface area contributed by atoms with E-state index >= 15 is 0 Å². The number of aromatic nitrogens is 1. The molecule has 0 bridgehead atoms. The molecule has 3 heterocycles. The van der Waals surface area contributed by atoms with Crippen LogP contribution in [0.3, 0.4) is 0 Å². The highest BCUT2D eigenvalue weighted by Crippen LogP contribution is 2.34. The molecule has 148 valence electrons. The minimum atomic E-state index is -0.926. The van der Waals surface area contributed by atoms with Crippen molar-refractivity contribution in [3.63, 3.8) is 0 Å². The van der Waals surface area contributed by atoms with Gasteiger partial charge in [0.05, 0.1) is 22.8 Å². The highest BCUT2D eigenvalue weighted by Gasteiger charge is 2.34. The van der Waals surface area contributed by atoms with Crippen LogP contribution in [-0.4, -0.2) is 22.1 Å². The summed E-state index contributed by atoms with van der Waals surface area (Å²) in [7, 11) is 0. The number of nitrogens with zero attached hydrogens (tertiary/aromatic N) is 3. The van der Waals surface area contributed by atoms with Crippen LogP contribution < -0.4 is 14.9 Å². The molecule has 3 rings (SSSR count). The molecule has 28 heavy (non-hydrogen) atoms. The summed E-state index contributed by atoms with van der Waals surface area (Å²) in [6.45, 7) is 5.45. The quantitative estimate of drug-likeness (QED) is 0.413. The number of nitro groups is 1. The lowest BCUT2D eigenvalue weighted by Gasteiger charge is -2.20. The lowest BCUT2D eigenvalue weighted by Crippen LogP contribution is -2.35. The van der Waals surface area contributed by atoms with E-state index < -0.39 is 22.8 Å². The number of rotatable bonds is 6. The summed E-state index contributed by atoms with van der Waals surface area (Å²) in [6.07, 6.45) is 3.49. The van der Waals surface area contributed by atoms with Gasteiger partial charge in [-0.15, -0.1) is 0 Å². The number of unbranched alkanes of at least 4 members (excludes halogenated alkanes) is 1. The van der Waals surface area contributed by atoms with Crippen LogP contribution >= 0.6 is 11.3 Å². The number of hydrogen-bond acceptors (Lipinski definition) is 8. The van der Waals surface area contributed by atoms with Gasteiger partial charge in [-0.05, 0) is 26.3 Å². The molecule has 0 fully saturated rings. The van der Waals surface area contributed by atoms with Gasteiger partial charge in [0, 0.05) is 5.70 Å². The SMILES string of the molecule is CCC/C=c1\sc2n(c1=O)C(C)=C(C(=O)OCC)[C@@H](c1ccc([N+](=O)[O-])o1)N=2. The Bertz CT molecular complexity index is 1140. The number of hydrogen-bond donors (Lipinski definition) is 0. The van der Waals surface area contributed by atoms with Gasteiger partial charge in [-0.25, -0.2) is 9.79 Å². The maximum Gasteiger partial charge on any atom is 0.433 e. The predicted molar refractivity (Wildman–Crippen MR) is 102 cm³/mol. The van der Waals surface area contributed by atoms with Gasteiger partial charge in [0.1, 0.15) is 16.7 Å². The molecule has 0 aromatic carbocycles. The fourth-order valence-electron chi connectivity index (χ4n) is 2.92. The van der Waals surface area contributed by atoms with Crippen LogP contribution in [0.2, 0.25) is 0 Å².